The molecule has 54 valence electrons. The second kappa shape index (κ2) is 2.56. The van der Waals surface area contributed by atoms with Crippen LogP contribution in [0.3, 0.4) is 0 Å². The van der Waals surface area contributed by atoms with Crippen molar-refractivity contribution in [2.75, 3.05) is 0 Å². The number of halogens is 2. The molecule has 4 heteroatoms. The molecule has 1 aromatic carbocycles. The van der Waals surface area contributed by atoms with Crippen LogP contribution in [0.15, 0.2) is 12.1 Å². The van der Waals surface area contributed by atoms with Crippen LogP contribution in [-0.2, 0) is 0 Å². The van der Waals surface area contributed by atoms with Crippen LogP contribution >= 0.6 is 23.2 Å². The summed E-state index contributed by atoms with van der Waals surface area (Å²) in [5, 5.41) is 18.1. The third-order valence-electron chi connectivity index (χ3n) is 1.01. The normalized spacial score (nSPS) is 9.80. The highest BCUT2D eigenvalue weighted by atomic mass is 35.5. The number of aromatic hydroxyl groups is 2. The van der Waals surface area contributed by atoms with Crippen LogP contribution in [0.1, 0.15) is 0 Å². The molecular formula is C6H4Cl2O2. The fourth-order valence-corrected chi connectivity index (χ4v) is 1.04. The molecule has 0 saturated carbocycles. The molecule has 0 heterocycles. The first-order valence-corrected chi connectivity index (χ1v) is 3.24. The molecule has 2 nitrogen and oxygen atoms in total. The van der Waals surface area contributed by atoms with E-state index in [1.54, 1.807) is 0 Å². The van der Waals surface area contributed by atoms with Gasteiger partial charge in [0, 0.05) is 11.1 Å². The van der Waals surface area contributed by atoms with Gasteiger partial charge < -0.3 is 10.2 Å². The van der Waals surface area contributed by atoms with Crippen LogP contribution in [0.5, 0.6) is 11.5 Å². The summed E-state index contributed by atoms with van der Waals surface area (Å²) in [6.45, 7) is 0. The summed E-state index contributed by atoms with van der Waals surface area (Å²) >= 11 is 10.9. The number of rotatable bonds is 0. The molecule has 2 N–H and O–H groups in total. The van der Waals surface area contributed by atoms with E-state index in [2.05, 4.69) is 0 Å². The Morgan fingerprint density at radius 1 is 1.10 bits per heavy atom. The SMILES string of the molecule is Oc1cc(Cl)cc(Cl)c1O. The molecular weight excluding hydrogens is 175 g/mol. The standard InChI is InChI=1S/C6H4Cl2O2/c7-3-1-4(8)6(10)5(9)2-3/h1-2,9-10H. The van der Waals surface area contributed by atoms with Gasteiger partial charge in [-0.05, 0) is 6.07 Å². The van der Waals surface area contributed by atoms with E-state index in [0.29, 0.717) is 5.02 Å². The van der Waals surface area contributed by atoms with Gasteiger partial charge in [0.2, 0.25) is 0 Å². The third-order valence-corrected chi connectivity index (χ3v) is 1.51. The average molecular weight is 179 g/mol. The molecule has 0 fully saturated rings. The minimum absolute atomic E-state index is 0.0463. The first kappa shape index (κ1) is 7.51. The van der Waals surface area contributed by atoms with Crippen LogP contribution in [0.25, 0.3) is 0 Å². The summed E-state index contributed by atoms with van der Waals surface area (Å²) in [6, 6.07) is 2.56. The van der Waals surface area contributed by atoms with Gasteiger partial charge in [-0.3, -0.25) is 0 Å². The highest BCUT2D eigenvalue weighted by Crippen LogP contribution is 2.35. The van der Waals surface area contributed by atoms with E-state index in [4.69, 9.17) is 33.4 Å². The van der Waals surface area contributed by atoms with Gasteiger partial charge in [0.05, 0.1) is 5.02 Å². The van der Waals surface area contributed by atoms with Crippen molar-refractivity contribution in [1.29, 1.82) is 0 Å². The van der Waals surface area contributed by atoms with Gasteiger partial charge in [-0.25, -0.2) is 0 Å². The Bertz CT molecular complexity index is 237. The smallest absolute Gasteiger partial charge is 0.176 e. The Morgan fingerprint density at radius 3 is 2.20 bits per heavy atom. The van der Waals surface area contributed by atoms with E-state index < -0.39 is 0 Å². The van der Waals surface area contributed by atoms with Crippen molar-refractivity contribution >= 4 is 23.2 Å². The molecule has 0 aliphatic heterocycles. The minimum Gasteiger partial charge on any atom is -0.504 e. The molecule has 0 aliphatic rings. The lowest BCUT2D eigenvalue weighted by atomic mass is 10.3. The summed E-state index contributed by atoms with van der Waals surface area (Å²) in [7, 11) is 0. The zero-order chi connectivity index (χ0) is 7.72. The number of hydrogen-bond acceptors (Lipinski definition) is 2. The zero-order valence-electron chi connectivity index (χ0n) is 4.81. The first-order chi connectivity index (χ1) is 4.61. The Morgan fingerprint density at radius 2 is 1.70 bits per heavy atom. The predicted molar refractivity (Wildman–Crippen MR) is 39.8 cm³/mol. The van der Waals surface area contributed by atoms with Gasteiger partial charge >= 0.3 is 0 Å². The second-order valence-electron chi connectivity index (χ2n) is 1.76. The van der Waals surface area contributed by atoms with Crippen molar-refractivity contribution in [3.05, 3.63) is 22.2 Å². The molecule has 0 radical (unpaired) electrons. The van der Waals surface area contributed by atoms with Gasteiger partial charge in [-0.1, -0.05) is 23.2 Å². The summed E-state index contributed by atoms with van der Waals surface area (Å²) in [5.41, 5.74) is 0. The summed E-state index contributed by atoms with van der Waals surface area (Å²) in [6.07, 6.45) is 0. The number of phenolic OH excluding ortho intramolecular Hbond substituents is 2. The van der Waals surface area contributed by atoms with Crippen LogP contribution in [0, 0.1) is 0 Å². The average Bonchev–Trinajstić information content (AvgIpc) is 1.82. The molecule has 0 aliphatic carbocycles. The molecule has 10 heavy (non-hydrogen) atoms. The van der Waals surface area contributed by atoms with Crippen molar-refractivity contribution in [3.8, 4) is 11.5 Å². The van der Waals surface area contributed by atoms with Gasteiger partial charge in [0.1, 0.15) is 0 Å². The minimum atomic E-state index is -0.342. The fraction of sp³-hybridized carbons (Fsp3) is 0. The van der Waals surface area contributed by atoms with Gasteiger partial charge in [0.15, 0.2) is 11.5 Å². The molecule has 0 saturated heterocycles. The van der Waals surface area contributed by atoms with Crippen molar-refractivity contribution in [3.63, 3.8) is 0 Å². The van der Waals surface area contributed by atoms with Crippen molar-refractivity contribution in [2.45, 2.75) is 0 Å². The van der Waals surface area contributed by atoms with Crippen LogP contribution in [0.2, 0.25) is 10.0 Å². The molecule has 0 spiro atoms. The second-order valence-corrected chi connectivity index (χ2v) is 2.60. The molecule has 0 amide bonds. The third kappa shape index (κ3) is 1.28. The maximum absolute atomic E-state index is 8.89. The monoisotopic (exact) mass is 178 g/mol. The quantitative estimate of drug-likeness (QED) is 0.600. The molecule has 0 atom stereocenters. The lowest BCUT2D eigenvalue weighted by Crippen LogP contribution is -1.70. The molecule has 1 rings (SSSR count). The Kier molecular flexibility index (Phi) is 1.92. The van der Waals surface area contributed by atoms with Crippen molar-refractivity contribution < 1.29 is 10.2 Å². The van der Waals surface area contributed by atoms with Crippen molar-refractivity contribution in [1.82, 2.24) is 0 Å². The van der Waals surface area contributed by atoms with Gasteiger partial charge in [-0.15, -0.1) is 0 Å². The number of hydrogen-bond donors (Lipinski definition) is 2. The van der Waals surface area contributed by atoms with E-state index >= 15 is 0 Å². The molecule has 1 aromatic rings. The number of phenols is 2. The molecule has 0 aromatic heterocycles. The summed E-state index contributed by atoms with van der Waals surface area (Å²) < 4.78 is 0. The topological polar surface area (TPSA) is 40.5 Å². The highest BCUT2D eigenvalue weighted by Gasteiger charge is 2.04. The first-order valence-electron chi connectivity index (χ1n) is 2.48. The van der Waals surface area contributed by atoms with E-state index in [1.807, 2.05) is 0 Å². The van der Waals surface area contributed by atoms with Crippen LogP contribution < -0.4 is 0 Å². The lowest BCUT2D eigenvalue weighted by molar-refractivity contribution is 0.404. The largest absolute Gasteiger partial charge is 0.504 e. The predicted octanol–water partition coefficient (Wildman–Crippen LogP) is 2.40. The van der Waals surface area contributed by atoms with E-state index in [1.165, 1.54) is 12.1 Å². The van der Waals surface area contributed by atoms with Gasteiger partial charge in [-0.2, -0.15) is 0 Å². The van der Waals surface area contributed by atoms with Gasteiger partial charge in [0.25, 0.3) is 0 Å². The van der Waals surface area contributed by atoms with E-state index in [-0.39, 0.29) is 16.5 Å². The summed E-state index contributed by atoms with van der Waals surface area (Å²) in [4.78, 5) is 0. The van der Waals surface area contributed by atoms with Crippen molar-refractivity contribution in [2.24, 2.45) is 0 Å². The van der Waals surface area contributed by atoms with E-state index in [9.17, 15) is 0 Å². The Balaban J connectivity index is 3.31. The Labute approximate surface area is 67.6 Å². The highest BCUT2D eigenvalue weighted by molar-refractivity contribution is 6.35. The lowest BCUT2D eigenvalue weighted by Gasteiger charge is -1.98. The molecule has 0 bridgehead atoms. The Hall–Kier alpha value is -0.600. The van der Waals surface area contributed by atoms with Crippen LogP contribution in [0.4, 0.5) is 0 Å². The maximum atomic E-state index is 8.89. The summed E-state index contributed by atoms with van der Waals surface area (Å²) in [5.74, 6) is -0.649. The maximum Gasteiger partial charge on any atom is 0.176 e. The fourth-order valence-electron chi connectivity index (χ4n) is 0.552. The zero-order valence-corrected chi connectivity index (χ0v) is 6.32. The number of benzene rings is 1. The molecule has 0 unspecified atom stereocenters. The van der Waals surface area contributed by atoms with E-state index in [0.717, 1.165) is 0 Å². The van der Waals surface area contributed by atoms with Crippen LogP contribution in [-0.4, -0.2) is 10.2 Å².